The lowest BCUT2D eigenvalue weighted by atomic mass is 10.1. The van der Waals surface area contributed by atoms with Crippen molar-refractivity contribution in [2.75, 3.05) is 5.73 Å². The van der Waals surface area contributed by atoms with Crippen LogP contribution in [-0.4, -0.2) is 8.42 Å². The third kappa shape index (κ3) is 3.11. The Labute approximate surface area is 125 Å². The molecule has 0 aliphatic carbocycles. The molecule has 0 aliphatic rings. The van der Waals surface area contributed by atoms with Crippen molar-refractivity contribution in [1.29, 1.82) is 0 Å². The first-order valence-electron chi connectivity index (χ1n) is 6.66. The zero-order chi connectivity index (χ0) is 15.8. The molecule has 1 aromatic carbocycles. The van der Waals surface area contributed by atoms with Crippen LogP contribution < -0.4 is 10.5 Å². The summed E-state index contributed by atoms with van der Waals surface area (Å²) in [4.78, 5) is 0.201. The van der Waals surface area contributed by atoms with E-state index in [-0.39, 0.29) is 10.9 Å². The quantitative estimate of drug-likeness (QED) is 0.850. The second-order valence-electron chi connectivity index (χ2n) is 5.18. The number of sulfonamides is 1. The van der Waals surface area contributed by atoms with E-state index in [0.29, 0.717) is 17.0 Å². The van der Waals surface area contributed by atoms with Gasteiger partial charge in [-0.05, 0) is 51.5 Å². The lowest BCUT2D eigenvalue weighted by Gasteiger charge is -2.15. The van der Waals surface area contributed by atoms with E-state index in [4.69, 9.17) is 10.2 Å². The predicted octanol–water partition coefficient (Wildman–Crippen LogP) is 2.83. The molecule has 1 unspecified atom stereocenters. The second kappa shape index (κ2) is 5.54. The molecule has 0 saturated carbocycles. The molecule has 1 atom stereocenters. The van der Waals surface area contributed by atoms with Gasteiger partial charge in [-0.3, -0.25) is 0 Å². The number of furan rings is 1. The topological polar surface area (TPSA) is 85.3 Å². The summed E-state index contributed by atoms with van der Waals surface area (Å²) in [5, 5.41) is 0. The minimum atomic E-state index is -3.64. The van der Waals surface area contributed by atoms with Crippen molar-refractivity contribution in [3.63, 3.8) is 0 Å². The molecule has 0 saturated heterocycles. The number of hydrogen-bond donors (Lipinski definition) is 2. The molecule has 0 fully saturated rings. The molecule has 21 heavy (non-hydrogen) atoms. The van der Waals surface area contributed by atoms with Gasteiger partial charge in [0.2, 0.25) is 10.0 Å². The smallest absolute Gasteiger partial charge is 0.241 e. The molecule has 2 aromatic rings. The van der Waals surface area contributed by atoms with Crippen molar-refractivity contribution in [2.24, 2.45) is 0 Å². The Bertz CT molecular complexity index is 763. The number of nitrogen functional groups attached to an aromatic ring is 1. The fourth-order valence-corrected chi connectivity index (χ4v) is 3.86. The summed E-state index contributed by atoms with van der Waals surface area (Å²) < 4.78 is 33.1. The molecule has 6 heteroatoms. The maximum Gasteiger partial charge on any atom is 0.241 e. The van der Waals surface area contributed by atoms with Gasteiger partial charge in [-0.25, -0.2) is 13.1 Å². The van der Waals surface area contributed by atoms with Gasteiger partial charge in [0.05, 0.1) is 4.90 Å². The highest BCUT2D eigenvalue weighted by molar-refractivity contribution is 7.89. The van der Waals surface area contributed by atoms with Crippen LogP contribution in [0.1, 0.15) is 35.6 Å². The Morgan fingerprint density at radius 2 is 1.90 bits per heavy atom. The zero-order valence-electron chi connectivity index (χ0n) is 12.6. The van der Waals surface area contributed by atoms with Crippen LogP contribution in [0.5, 0.6) is 0 Å². The molecule has 1 aromatic heterocycles. The van der Waals surface area contributed by atoms with Crippen molar-refractivity contribution < 1.29 is 12.8 Å². The number of rotatable bonds is 4. The Morgan fingerprint density at radius 3 is 2.48 bits per heavy atom. The fourth-order valence-electron chi connectivity index (χ4n) is 2.36. The normalized spacial score (nSPS) is 13.3. The zero-order valence-corrected chi connectivity index (χ0v) is 13.4. The molecule has 2 rings (SSSR count). The van der Waals surface area contributed by atoms with Crippen LogP contribution in [0.2, 0.25) is 0 Å². The molecule has 1 heterocycles. The summed E-state index contributed by atoms with van der Waals surface area (Å²) in [7, 11) is -3.64. The van der Waals surface area contributed by atoms with Gasteiger partial charge >= 0.3 is 0 Å². The highest BCUT2D eigenvalue weighted by Crippen LogP contribution is 2.25. The van der Waals surface area contributed by atoms with Crippen LogP contribution in [0.15, 0.2) is 33.6 Å². The third-order valence-electron chi connectivity index (χ3n) is 3.49. The van der Waals surface area contributed by atoms with Gasteiger partial charge in [0.25, 0.3) is 0 Å². The summed E-state index contributed by atoms with van der Waals surface area (Å²) in [5.41, 5.74) is 7.62. The number of hydrogen-bond acceptors (Lipinski definition) is 4. The first-order chi connectivity index (χ1) is 9.72. The summed E-state index contributed by atoms with van der Waals surface area (Å²) in [5.74, 6) is 1.47. The summed E-state index contributed by atoms with van der Waals surface area (Å²) >= 11 is 0. The standard InChI is InChI=1S/C15H20N2O3S/c1-9-8-13(12(4)20-9)11(3)17-21(18,19)15-7-5-6-14(16)10(15)2/h5-8,11,17H,16H2,1-4H3. The van der Waals surface area contributed by atoms with E-state index < -0.39 is 10.0 Å². The monoisotopic (exact) mass is 308 g/mol. The van der Waals surface area contributed by atoms with Crippen LogP contribution in [0.3, 0.4) is 0 Å². The third-order valence-corrected chi connectivity index (χ3v) is 5.18. The van der Waals surface area contributed by atoms with Gasteiger partial charge in [0.1, 0.15) is 11.5 Å². The fraction of sp³-hybridized carbons (Fsp3) is 0.333. The van der Waals surface area contributed by atoms with Crippen LogP contribution in [-0.2, 0) is 10.0 Å². The lowest BCUT2D eigenvalue weighted by Crippen LogP contribution is -2.27. The van der Waals surface area contributed by atoms with Gasteiger partial charge in [0, 0.05) is 17.3 Å². The number of nitrogens with two attached hydrogens (primary N) is 1. The maximum absolute atomic E-state index is 12.5. The Kier molecular flexibility index (Phi) is 4.11. The molecule has 5 nitrogen and oxygen atoms in total. The van der Waals surface area contributed by atoms with Gasteiger partial charge in [-0.15, -0.1) is 0 Å². The minimum absolute atomic E-state index is 0.201. The number of aryl methyl sites for hydroxylation is 2. The first-order valence-corrected chi connectivity index (χ1v) is 8.15. The van der Waals surface area contributed by atoms with Crippen molar-refractivity contribution in [2.45, 2.75) is 38.6 Å². The van der Waals surface area contributed by atoms with E-state index in [1.165, 1.54) is 0 Å². The second-order valence-corrected chi connectivity index (χ2v) is 6.86. The lowest BCUT2D eigenvalue weighted by molar-refractivity contribution is 0.496. The van der Waals surface area contributed by atoms with Crippen LogP contribution in [0.4, 0.5) is 5.69 Å². The molecule has 114 valence electrons. The van der Waals surface area contributed by atoms with Crippen molar-refractivity contribution in [3.05, 3.63) is 46.9 Å². The molecular weight excluding hydrogens is 288 g/mol. The molecule has 0 bridgehead atoms. The van der Waals surface area contributed by atoms with Crippen molar-refractivity contribution in [1.82, 2.24) is 4.72 Å². The Morgan fingerprint density at radius 1 is 1.24 bits per heavy atom. The SMILES string of the molecule is Cc1cc(C(C)NS(=O)(=O)c2cccc(N)c2C)c(C)o1. The number of nitrogens with one attached hydrogen (secondary N) is 1. The average molecular weight is 308 g/mol. The largest absolute Gasteiger partial charge is 0.466 e. The van der Waals surface area contributed by atoms with E-state index in [2.05, 4.69) is 4.72 Å². The van der Waals surface area contributed by atoms with E-state index in [1.54, 1.807) is 32.0 Å². The summed E-state index contributed by atoms with van der Waals surface area (Å²) in [6.07, 6.45) is 0. The highest BCUT2D eigenvalue weighted by atomic mass is 32.2. The Balaban J connectivity index is 2.33. The van der Waals surface area contributed by atoms with Gasteiger partial charge in [-0.1, -0.05) is 6.07 Å². The molecule has 0 aliphatic heterocycles. The highest BCUT2D eigenvalue weighted by Gasteiger charge is 2.23. The van der Waals surface area contributed by atoms with Crippen LogP contribution in [0.25, 0.3) is 0 Å². The van der Waals surface area contributed by atoms with Gasteiger partial charge in [-0.2, -0.15) is 0 Å². The molecule has 0 spiro atoms. The number of benzene rings is 1. The van der Waals surface area contributed by atoms with Crippen LogP contribution >= 0.6 is 0 Å². The molecular formula is C15H20N2O3S. The first kappa shape index (κ1) is 15.6. The van der Waals surface area contributed by atoms with Gasteiger partial charge in [0.15, 0.2) is 0 Å². The molecule has 0 radical (unpaired) electrons. The van der Waals surface area contributed by atoms with Crippen LogP contribution in [0, 0.1) is 20.8 Å². The van der Waals surface area contributed by atoms with E-state index >= 15 is 0 Å². The minimum Gasteiger partial charge on any atom is -0.466 e. The van der Waals surface area contributed by atoms with E-state index in [9.17, 15) is 8.42 Å². The van der Waals surface area contributed by atoms with Gasteiger partial charge < -0.3 is 10.2 Å². The summed E-state index contributed by atoms with van der Waals surface area (Å²) in [6, 6.07) is 6.33. The number of anilines is 1. The van der Waals surface area contributed by atoms with Crippen molar-refractivity contribution in [3.8, 4) is 0 Å². The maximum atomic E-state index is 12.5. The predicted molar refractivity (Wildman–Crippen MR) is 82.5 cm³/mol. The molecule has 3 N–H and O–H groups in total. The van der Waals surface area contributed by atoms with Crippen molar-refractivity contribution >= 4 is 15.7 Å². The molecule has 0 amide bonds. The summed E-state index contributed by atoms with van der Waals surface area (Å²) in [6.45, 7) is 7.14. The van der Waals surface area contributed by atoms with E-state index in [1.807, 2.05) is 19.9 Å². The Hall–Kier alpha value is -1.79. The average Bonchev–Trinajstić information content (AvgIpc) is 2.71. The van der Waals surface area contributed by atoms with E-state index in [0.717, 1.165) is 11.3 Å².